The fraction of sp³-hybridized carbons (Fsp3) is 0.133. The largest absolute Gasteiger partial charge is 0.507 e. The molecule has 0 aliphatic heterocycles. The minimum Gasteiger partial charge on any atom is -0.507 e. The van der Waals surface area contributed by atoms with E-state index in [0.717, 1.165) is 0 Å². The van der Waals surface area contributed by atoms with E-state index < -0.39 is 5.91 Å². The van der Waals surface area contributed by atoms with E-state index in [1.165, 1.54) is 6.07 Å². The Hall–Kier alpha value is -2.05. The van der Waals surface area contributed by atoms with Crippen molar-refractivity contribution >= 4 is 27.5 Å². The summed E-state index contributed by atoms with van der Waals surface area (Å²) in [6, 6.07) is 11.7. The minimum atomic E-state index is -0.393. The molecule has 0 spiro atoms. The normalized spacial score (nSPS) is 10.2. The van der Waals surface area contributed by atoms with Crippen LogP contribution in [0.5, 0.6) is 11.5 Å². The van der Waals surface area contributed by atoms with Crippen LogP contribution >= 0.6 is 15.9 Å². The number of nitrogens with one attached hydrogen (secondary N) is 1. The van der Waals surface area contributed by atoms with Gasteiger partial charge in [0.2, 0.25) is 0 Å². The summed E-state index contributed by atoms with van der Waals surface area (Å²) in [7, 11) is 0. The number of carbonyl (C=O) groups is 1. The van der Waals surface area contributed by atoms with Gasteiger partial charge in [-0.25, -0.2) is 0 Å². The standard InChI is InChI=1S/C15H15BrN2O3/c16-10-4-5-13(14(19)8-10)15(20)18-11-2-1-3-12(9-11)21-7-6-17/h1-5,8-9,19H,6-7,17H2,(H,18,20). The van der Waals surface area contributed by atoms with Gasteiger partial charge in [-0.15, -0.1) is 0 Å². The van der Waals surface area contributed by atoms with Crippen molar-refractivity contribution in [3.05, 3.63) is 52.5 Å². The van der Waals surface area contributed by atoms with Gasteiger partial charge in [0.25, 0.3) is 5.91 Å². The van der Waals surface area contributed by atoms with Crippen molar-refractivity contribution in [1.29, 1.82) is 0 Å². The number of hydrogen-bond acceptors (Lipinski definition) is 4. The van der Waals surface area contributed by atoms with Crippen molar-refractivity contribution in [2.45, 2.75) is 0 Å². The number of aromatic hydroxyl groups is 1. The first kappa shape index (κ1) is 15.3. The molecule has 110 valence electrons. The molecule has 0 saturated carbocycles. The van der Waals surface area contributed by atoms with Gasteiger partial charge in [-0.05, 0) is 30.3 Å². The Labute approximate surface area is 130 Å². The van der Waals surface area contributed by atoms with Gasteiger partial charge in [-0.2, -0.15) is 0 Å². The van der Waals surface area contributed by atoms with Crippen LogP contribution in [0, 0.1) is 0 Å². The van der Waals surface area contributed by atoms with E-state index in [1.54, 1.807) is 36.4 Å². The molecule has 0 aromatic heterocycles. The molecule has 6 heteroatoms. The topological polar surface area (TPSA) is 84.6 Å². The highest BCUT2D eigenvalue weighted by molar-refractivity contribution is 9.10. The average molecular weight is 351 g/mol. The molecular formula is C15H15BrN2O3. The van der Waals surface area contributed by atoms with Crippen LogP contribution in [-0.2, 0) is 0 Å². The summed E-state index contributed by atoms with van der Waals surface area (Å²) in [4.78, 5) is 12.1. The molecule has 0 aliphatic carbocycles. The van der Waals surface area contributed by atoms with Gasteiger partial charge >= 0.3 is 0 Å². The quantitative estimate of drug-likeness (QED) is 0.773. The number of rotatable bonds is 5. The maximum atomic E-state index is 12.1. The molecule has 0 saturated heterocycles. The van der Waals surface area contributed by atoms with Gasteiger partial charge in [0.1, 0.15) is 18.1 Å². The van der Waals surface area contributed by atoms with Crippen LogP contribution in [0.1, 0.15) is 10.4 Å². The number of ether oxygens (including phenoxy) is 1. The summed E-state index contributed by atoms with van der Waals surface area (Å²) in [6.45, 7) is 0.828. The molecule has 21 heavy (non-hydrogen) atoms. The third kappa shape index (κ3) is 4.21. The summed E-state index contributed by atoms with van der Waals surface area (Å²) >= 11 is 3.23. The second-order valence-corrected chi connectivity index (χ2v) is 5.20. The fourth-order valence-corrected chi connectivity index (χ4v) is 2.08. The number of phenolic OH excluding ortho intramolecular Hbond substituents is 1. The average Bonchev–Trinajstić information content (AvgIpc) is 2.45. The molecular weight excluding hydrogens is 336 g/mol. The molecule has 2 rings (SSSR count). The molecule has 0 unspecified atom stereocenters. The third-order valence-electron chi connectivity index (χ3n) is 2.68. The molecule has 1 amide bonds. The van der Waals surface area contributed by atoms with Crippen LogP contribution in [0.25, 0.3) is 0 Å². The van der Waals surface area contributed by atoms with Crippen molar-refractivity contribution < 1.29 is 14.6 Å². The van der Waals surface area contributed by atoms with Crippen LogP contribution in [-0.4, -0.2) is 24.2 Å². The second kappa shape index (κ2) is 7.10. The summed E-state index contributed by atoms with van der Waals surface area (Å²) < 4.78 is 6.09. The van der Waals surface area contributed by atoms with E-state index in [-0.39, 0.29) is 11.3 Å². The van der Waals surface area contributed by atoms with Crippen molar-refractivity contribution in [3.8, 4) is 11.5 Å². The lowest BCUT2D eigenvalue weighted by Crippen LogP contribution is -2.13. The van der Waals surface area contributed by atoms with Crippen LogP contribution in [0.4, 0.5) is 5.69 Å². The molecule has 0 radical (unpaired) electrons. The number of halogens is 1. The first-order chi connectivity index (χ1) is 10.1. The Balaban J connectivity index is 2.12. The Bertz CT molecular complexity index is 647. The SMILES string of the molecule is NCCOc1cccc(NC(=O)c2ccc(Br)cc2O)c1. The number of hydrogen-bond donors (Lipinski definition) is 3. The van der Waals surface area contributed by atoms with E-state index in [1.807, 2.05) is 0 Å². The highest BCUT2D eigenvalue weighted by Gasteiger charge is 2.11. The van der Waals surface area contributed by atoms with Crippen molar-refractivity contribution in [3.63, 3.8) is 0 Å². The number of nitrogens with two attached hydrogens (primary N) is 1. The Morgan fingerprint density at radius 1 is 1.29 bits per heavy atom. The minimum absolute atomic E-state index is 0.0857. The first-order valence-corrected chi connectivity index (χ1v) is 7.12. The number of amides is 1. The van der Waals surface area contributed by atoms with Crippen LogP contribution < -0.4 is 15.8 Å². The van der Waals surface area contributed by atoms with E-state index >= 15 is 0 Å². The molecule has 2 aromatic rings. The molecule has 4 N–H and O–H groups in total. The van der Waals surface area contributed by atoms with Gasteiger partial charge in [-0.1, -0.05) is 22.0 Å². The van der Waals surface area contributed by atoms with Gasteiger partial charge in [0.15, 0.2) is 0 Å². The van der Waals surface area contributed by atoms with Crippen molar-refractivity contribution in [2.75, 3.05) is 18.5 Å². The highest BCUT2D eigenvalue weighted by atomic mass is 79.9. The molecule has 5 nitrogen and oxygen atoms in total. The van der Waals surface area contributed by atoms with Crippen molar-refractivity contribution in [1.82, 2.24) is 0 Å². The van der Waals surface area contributed by atoms with Gasteiger partial charge in [0, 0.05) is 22.8 Å². The zero-order valence-electron chi connectivity index (χ0n) is 11.2. The fourth-order valence-electron chi connectivity index (χ4n) is 1.74. The lowest BCUT2D eigenvalue weighted by atomic mass is 10.2. The van der Waals surface area contributed by atoms with Gasteiger partial charge in [0.05, 0.1) is 5.56 Å². The van der Waals surface area contributed by atoms with E-state index in [4.69, 9.17) is 10.5 Å². The molecule has 0 bridgehead atoms. The summed E-state index contributed by atoms with van der Waals surface area (Å²) in [5.41, 5.74) is 6.15. The van der Waals surface area contributed by atoms with Crippen molar-refractivity contribution in [2.24, 2.45) is 5.73 Å². The van der Waals surface area contributed by atoms with E-state index in [9.17, 15) is 9.90 Å². The monoisotopic (exact) mass is 350 g/mol. The van der Waals surface area contributed by atoms with Gasteiger partial charge < -0.3 is 20.9 Å². The maximum Gasteiger partial charge on any atom is 0.259 e. The molecule has 2 aromatic carbocycles. The number of phenols is 1. The Morgan fingerprint density at radius 3 is 2.81 bits per heavy atom. The Morgan fingerprint density at radius 2 is 2.10 bits per heavy atom. The highest BCUT2D eigenvalue weighted by Crippen LogP contribution is 2.24. The Kier molecular flexibility index (Phi) is 5.19. The van der Waals surface area contributed by atoms with E-state index in [0.29, 0.717) is 29.1 Å². The lowest BCUT2D eigenvalue weighted by Gasteiger charge is -2.09. The number of carbonyl (C=O) groups excluding carboxylic acids is 1. The third-order valence-corrected chi connectivity index (χ3v) is 3.18. The summed E-state index contributed by atoms with van der Waals surface area (Å²) in [5, 5.41) is 12.5. The van der Waals surface area contributed by atoms with Gasteiger partial charge in [-0.3, -0.25) is 4.79 Å². The van der Waals surface area contributed by atoms with E-state index in [2.05, 4.69) is 21.2 Å². The smallest absolute Gasteiger partial charge is 0.259 e. The summed E-state index contributed by atoms with van der Waals surface area (Å²) in [5.74, 6) is 0.145. The number of benzene rings is 2. The predicted molar refractivity (Wildman–Crippen MR) is 84.8 cm³/mol. The van der Waals surface area contributed by atoms with Crippen LogP contribution in [0.3, 0.4) is 0 Å². The summed E-state index contributed by atoms with van der Waals surface area (Å²) in [6.07, 6.45) is 0. The zero-order valence-corrected chi connectivity index (χ0v) is 12.8. The zero-order chi connectivity index (χ0) is 15.2. The maximum absolute atomic E-state index is 12.1. The molecule has 0 heterocycles. The molecule has 0 atom stereocenters. The second-order valence-electron chi connectivity index (χ2n) is 4.28. The van der Waals surface area contributed by atoms with Crippen LogP contribution in [0.15, 0.2) is 46.9 Å². The lowest BCUT2D eigenvalue weighted by molar-refractivity contribution is 0.102. The first-order valence-electron chi connectivity index (χ1n) is 6.33. The number of anilines is 1. The molecule has 0 fully saturated rings. The van der Waals surface area contributed by atoms with Crippen LogP contribution in [0.2, 0.25) is 0 Å². The molecule has 0 aliphatic rings. The predicted octanol–water partition coefficient (Wildman–Crippen LogP) is 2.74.